The largest absolute Gasteiger partial charge is 0.464 e. The molecule has 22 heavy (non-hydrogen) atoms. The molecule has 1 fully saturated rings. The maximum Gasteiger partial charge on any atom is 0.321 e. The van der Waals surface area contributed by atoms with Crippen LogP contribution in [0.5, 0.6) is 0 Å². The first-order valence-corrected chi connectivity index (χ1v) is 7.17. The molecule has 1 aromatic heterocycles. The Morgan fingerprint density at radius 2 is 2.32 bits per heavy atom. The summed E-state index contributed by atoms with van der Waals surface area (Å²) in [6.07, 6.45) is 2.29. The van der Waals surface area contributed by atoms with E-state index in [9.17, 15) is 9.18 Å². The quantitative estimate of drug-likeness (QED) is 0.916. The van der Waals surface area contributed by atoms with E-state index in [2.05, 4.69) is 5.32 Å². The van der Waals surface area contributed by atoms with Crippen LogP contribution in [0.25, 0.3) is 11.3 Å². The molecule has 1 aliphatic heterocycles. The molecule has 2 N–H and O–H groups in total. The molecule has 1 aromatic carbocycles. The van der Waals surface area contributed by atoms with Gasteiger partial charge in [-0.15, -0.1) is 0 Å². The predicted molar refractivity (Wildman–Crippen MR) is 79.9 cm³/mol. The highest BCUT2D eigenvalue weighted by atomic mass is 19.1. The lowest BCUT2D eigenvalue weighted by Gasteiger charge is -2.17. The Morgan fingerprint density at radius 1 is 1.45 bits per heavy atom. The Morgan fingerprint density at radius 3 is 2.95 bits per heavy atom. The number of benzene rings is 1. The molecule has 5 nitrogen and oxygen atoms in total. The van der Waals surface area contributed by atoms with E-state index in [1.54, 1.807) is 23.1 Å². The topological polar surface area (TPSA) is 65.7 Å². The van der Waals surface area contributed by atoms with Crippen LogP contribution in [0, 0.1) is 11.7 Å². The highest BCUT2D eigenvalue weighted by Crippen LogP contribution is 2.25. The van der Waals surface area contributed by atoms with Gasteiger partial charge in [-0.3, -0.25) is 0 Å². The molecule has 6 heteroatoms. The number of amides is 2. The summed E-state index contributed by atoms with van der Waals surface area (Å²) in [6, 6.07) is 7.67. The van der Waals surface area contributed by atoms with Crippen LogP contribution in [0.4, 0.5) is 14.9 Å². The zero-order valence-corrected chi connectivity index (χ0v) is 12.0. The van der Waals surface area contributed by atoms with Crippen molar-refractivity contribution in [1.82, 2.24) is 4.90 Å². The normalized spacial score (nSPS) is 17.7. The van der Waals surface area contributed by atoms with E-state index in [1.807, 2.05) is 0 Å². The molecule has 2 aromatic rings. The first-order chi connectivity index (χ1) is 10.7. The van der Waals surface area contributed by atoms with E-state index >= 15 is 0 Å². The SMILES string of the molecule is O=C(Nc1ccc(-c2ccco2)cc1F)N1CC[C@H](CO)C1. The molecule has 2 amide bonds. The molecule has 1 aliphatic rings. The van der Waals surface area contributed by atoms with Crippen LogP contribution in [0.1, 0.15) is 6.42 Å². The van der Waals surface area contributed by atoms with Gasteiger partial charge in [0.05, 0.1) is 12.0 Å². The number of carbonyl (C=O) groups excluding carboxylic acids is 1. The van der Waals surface area contributed by atoms with Crippen LogP contribution < -0.4 is 5.32 Å². The highest BCUT2D eigenvalue weighted by molar-refractivity contribution is 5.90. The standard InChI is InChI=1S/C16H17FN2O3/c17-13-8-12(15-2-1-7-22-15)3-4-14(13)18-16(21)19-6-5-11(9-19)10-20/h1-4,7-8,11,20H,5-6,9-10H2,(H,18,21)/t11-/m0/s1. The van der Waals surface area contributed by atoms with Gasteiger partial charge in [0.15, 0.2) is 0 Å². The second-order valence-electron chi connectivity index (χ2n) is 5.39. The molecule has 0 unspecified atom stereocenters. The first kappa shape index (κ1) is 14.6. The second-order valence-corrected chi connectivity index (χ2v) is 5.39. The number of aliphatic hydroxyl groups is 1. The second kappa shape index (κ2) is 6.19. The maximum absolute atomic E-state index is 14.1. The van der Waals surface area contributed by atoms with Gasteiger partial charge in [0.1, 0.15) is 11.6 Å². The lowest BCUT2D eigenvalue weighted by molar-refractivity contribution is 0.208. The highest BCUT2D eigenvalue weighted by Gasteiger charge is 2.26. The number of halogens is 1. The molecule has 0 radical (unpaired) electrons. The lowest BCUT2D eigenvalue weighted by atomic mass is 10.1. The molecule has 116 valence electrons. The fourth-order valence-corrected chi connectivity index (χ4v) is 2.57. The van der Waals surface area contributed by atoms with E-state index < -0.39 is 5.82 Å². The number of aliphatic hydroxyl groups excluding tert-OH is 1. The summed E-state index contributed by atoms with van der Waals surface area (Å²) in [6.45, 7) is 1.13. The van der Waals surface area contributed by atoms with E-state index in [0.29, 0.717) is 24.4 Å². The van der Waals surface area contributed by atoms with Crippen LogP contribution in [-0.4, -0.2) is 35.7 Å². The van der Waals surface area contributed by atoms with Crippen LogP contribution in [0.2, 0.25) is 0 Å². The number of likely N-dealkylation sites (tertiary alicyclic amines) is 1. The van der Waals surface area contributed by atoms with E-state index in [0.717, 1.165) is 6.42 Å². The van der Waals surface area contributed by atoms with Crippen molar-refractivity contribution < 1.29 is 18.7 Å². The van der Waals surface area contributed by atoms with Gasteiger partial charge in [-0.05, 0) is 36.8 Å². The molecular weight excluding hydrogens is 287 g/mol. The fraction of sp³-hybridized carbons (Fsp3) is 0.312. The van der Waals surface area contributed by atoms with Crippen molar-refractivity contribution >= 4 is 11.7 Å². The summed E-state index contributed by atoms with van der Waals surface area (Å²) >= 11 is 0. The number of nitrogens with one attached hydrogen (secondary N) is 1. The van der Waals surface area contributed by atoms with Gasteiger partial charge in [-0.2, -0.15) is 0 Å². The monoisotopic (exact) mass is 304 g/mol. The third-order valence-electron chi connectivity index (χ3n) is 3.85. The molecule has 0 saturated carbocycles. The molecule has 1 saturated heterocycles. The van der Waals surface area contributed by atoms with Gasteiger partial charge in [-0.1, -0.05) is 0 Å². The third-order valence-corrected chi connectivity index (χ3v) is 3.85. The van der Waals surface area contributed by atoms with Crippen LogP contribution >= 0.6 is 0 Å². The van der Waals surface area contributed by atoms with Crippen molar-refractivity contribution in [3.05, 3.63) is 42.4 Å². The van der Waals surface area contributed by atoms with Gasteiger partial charge in [0, 0.05) is 31.2 Å². The van der Waals surface area contributed by atoms with Crippen molar-refractivity contribution in [3.8, 4) is 11.3 Å². The molecule has 2 heterocycles. The number of hydrogen-bond donors (Lipinski definition) is 2. The number of carbonyl (C=O) groups is 1. The predicted octanol–water partition coefficient (Wildman–Crippen LogP) is 2.93. The maximum atomic E-state index is 14.1. The van der Waals surface area contributed by atoms with Gasteiger partial charge < -0.3 is 19.7 Å². The summed E-state index contributed by atoms with van der Waals surface area (Å²) < 4.78 is 19.3. The molecule has 0 bridgehead atoms. The minimum Gasteiger partial charge on any atom is -0.464 e. The van der Waals surface area contributed by atoms with Crippen LogP contribution in [0.15, 0.2) is 41.0 Å². The Kier molecular flexibility index (Phi) is 4.11. The van der Waals surface area contributed by atoms with Gasteiger partial charge in [-0.25, -0.2) is 9.18 Å². The first-order valence-electron chi connectivity index (χ1n) is 7.17. The molecule has 1 atom stereocenters. The van der Waals surface area contributed by atoms with Crippen LogP contribution in [0.3, 0.4) is 0 Å². The van der Waals surface area contributed by atoms with Crippen LogP contribution in [-0.2, 0) is 0 Å². The minimum atomic E-state index is -0.514. The smallest absolute Gasteiger partial charge is 0.321 e. The minimum absolute atomic E-state index is 0.0655. The summed E-state index contributed by atoms with van der Waals surface area (Å²) in [4.78, 5) is 13.7. The number of anilines is 1. The molecule has 0 aliphatic carbocycles. The number of rotatable bonds is 3. The molecule has 0 spiro atoms. The van der Waals surface area contributed by atoms with E-state index in [1.165, 1.54) is 18.4 Å². The van der Waals surface area contributed by atoms with Crippen molar-refractivity contribution in [2.75, 3.05) is 25.0 Å². The Balaban J connectivity index is 1.69. The van der Waals surface area contributed by atoms with E-state index in [-0.39, 0.29) is 24.2 Å². The Labute approximate surface area is 127 Å². The number of urea groups is 1. The summed E-state index contributed by atoms with van der Waals surface area (Å²) in [7, 11) is 0. The summed E-state index contributed by atoms with van der Waals surface area (Å²) in [5.74, 6) is 0.166. The zero-order valence-electron chi connectivity index (χ0n) is 12.0. The Hall–Kier alpha value is -2.34. The third kappa shape index (κ3) is 2.96. The molecular formula is C16H17FN2O3. The van der Waals surface area contributed by atoms with Gasteiger partial charge >= 0.3 is 6.03 Å². The van der Waals surface area contributed by atoms with Crippen molar-refractivity contribution in [2.45, 2.75) is 6.42 Å². The summed E-state index contributed by atoms with van der Waals surface area (Å²) in [5.41, 5.74) is 0.745. The lowest BCUT2D eigenvalue weighted by Crippen LogP contribution is -2.33. The average molecular weight is 304 g/mol. The Bertz CT molecular complexity index is 657. The van der Waals surface area contributed by atoms with Crippen molar-refractivity contribution in [3.63, 3.8) is 0 Å². The zero-order chi connectivity index (χ0) is 15.5. The number of furan rings is 1. The fourth-order valence-electron chi connectivity index (χ4n) is 2.57. The average Bonchev–Trinajstić information content (AvgIpc) is 3.20. The van der Waals surface area contributed by atoms with Gasteiger partial charge in [0.2, 0.25) is 0 Å². The van der Waals surface area contributed by atoms with E-state index in [4.69, 9.17) is 9.52 Å². The summed E-state index contributed by atoms with van der Waals surface area (Å²) in [5, 5.41) is 11.7. The number of hydrogen-bond acceptors (Lipinski definition) is 3. The molecule has 3 rings (SSSR count). The van der Waals surface area contributed by atoms with Crippen molar-refractivity contribution in [2.24, 2.45) is 5.92 Å². The van der Waals surface area contributed by atoms with Crippen molar-refractivity contribution in [1.29, 1.82) is 0 Å². The van der Waals surface area contributed by atoms with Gasteiger partial charge in [0.25, 0.3) is 0 Å². The number of nitrogens with zero attached hydrogens (tertiary/aromatic N) is 1.